The fraction of sp³-hybridized carbons (Fsp3) is 0.133. The molecular formula is C15H14BrNOS. The van der Waals surface area contributed by atoms with Crippen LogP contribution in [-0.4, -0.2) is 12.2 Å². The number of rotatable bonds is 3. The van der Waals surface area contributed by atoms with Crippen molar-refractivity contribution in [2.45, 2.75) is 11.8 Å². The second-order valence-electron chi connectivity index (χ2n) is 4.17. The maximum absolute atomic E-state index is 12.1. The van der Waals surface area contributed by atoms with Crippen LogP contribution in [0.15, 0.2) is 51.8 Å². The van der Waals surface area contributed by atoms with E-state index >= 15 is 0 Å². The summed E-state index contributed by atoms with van der Waals surface area (Å²) in [6.07, 6.45) is 2.01. The summed E-state index contributed by atoms with van der Waals surface area (Å²) in [6, 6.07) is 13.4. The van der Waals surface area contributed by atoms with E-state index in [9.17, 15) is 4.79 Å². The van der Waals surface area contributed by atoms with Gasteiger partial charge in [0.1, 0.15) is 0 Å². The summed E-state index contributed by atoms with van der Waals surface area (Å²) in [5, 5.41) is 2.90. The molecule has 2 aromatic rings. The normalized spacial score (nSPS) is 10.3. The molecule has 0 unspecified atom stereocenters. The molecule has 0 aliphatic carbocycles. The number of hydrogen-bond acceptors (Lipinski definition) is 2. The molecule has 0 bridgehead atoms. The van der Waals surface area contributed by atoms with Gasteiger partial charge >= 0.3 is 0 Å². The van der Waals surface area contributed by atoms with Crippen LogP contribution in [0.1, 0.15) is 15.9 Å². The van der Waals surface area contributed by atoms with Crippen LogP contribution in [0.2, 0.25) is 0 Å². The summed E-state index contributed by atoms with van der Waals surface area (Å²) in [6.45, 7) is 2.01. The van der Waals surface area contributed by atoms with Crippen LogP contribution in [0.4, 0.5) is 5.69 Å². The lowest BCUT2D eigenvalue weighted by atomic mass is 10.2. The summed E-state index contributed by atoms with van der Waals surface area (Å²) in [4.78, 5) is 13.3. The Balaban J connectivity index is 2.15. The first-order chi connectivity index (χ1) is 9.10. The van der Waals surface area contributed by atoms with Crippen molar-refractivity contribution in [3.8, 4) is 0 Å². The van der Waals surface area contributed by atoms with E-state index in [1.54, 1.807) is 11.8 Å². The molecule has 1 N–H and O–H groups in total. The SMILES string of the molecule is CSc1ccc(C(=O)Nc2ccc(C)cc2Br)cc1. The first-order valence-electron chi connectivity index (χ1n) is 5.81. The number of aryl methyl sites for hydroxylation is 1. The van der Waals surface area contributed by atoms with Gasteiger partial charge in [-0.05, 0) is 71.1 Å². The molecule has 19 heavy (non-hydrogen) atoms. The van der Waals surface area contributed by atoms with Gasteiger partial charge in [-0.25, -0.2) is 0 Å². The zero-order valence-electron chi connectivity index (χ0n) is 10.7. The van der Waals surface area contributed by atoms with Gasteiger partial charge in [-0.1, -0.05) is 6.07 Å². The lowest BCUT2D eigenvalue weighted by Crippen LogP contribution is -2.12. The molecule has 0 saturated heterocycles. The Morgan fingerprint density at radius 2 is 1.84 bits per heavy atom. The maximum Gasteiger partial charge on any atom is 0.255 e. The second kappa shape index (κ2) is 6.26. The molecule has 0 heterocycles. The van der Waals surface area contributed by atoms with Gasteiger partial charge < -0.3 is 5.32 Å². The van der Waals surface area contributed by atoms with Gasteiger partial charge in [-0.3, -0.25) is 4.79 Å². The number of halogens is 1. The predicted octanol–water partition coefficient (Wildman–Crippen LogP) is 4.73. The third-order valence-corrected chi connectivity index (χ3v) is 4.12. The number of carbonyl (C=O) groups excluding carboxylic acids is 1. The van der Waals surface area contributed by atoms with E-state index in [-0.39, 0.29) is 5.91 Å². The highest BCUT2D eigenvalue weighted by Crippen LogP contribution is 2.24. The average molecular weight is 336 g/mol. The number of thioether (sulfide) groups is 1. The van der Waals surface area contributed by atoms with Gasteiger partial charge in [0.05, 0.1) is 5.69 Å². The van der Waals surface area contributed by atoms with Crippen molar-refractivity contribution >= 4 is 39.3 Å². The summed E-state index contributed by atoms with van der Waals surface area (Å²) < 4.78 is 0.890. The highest BCUT2D eigenvalue weighted by atomic mass is 79.9. The van der Waals surface area contributed by atoms with Crippen molar-refractivity contribution in [1.82, 2.24) is 0 Å². The standard InChI is InChI=1S/C15H14BrNOS/c1-10-3-8-14(13(16)9-10)17-15(18)11-4-6-12(19-2)7-5-11/h3-9H,1-2H3,(H,17,18). The molecule has 2 aromatic carbocycles. The van der Waals surface area contributed by atoms with E-state index in [1.807, 2.05) is 55.6 Å². The van der Waals surface area contributed by atoms with Crippen molar-refractivity contribution in [3.63, 3.8) is 0 Å². The van der Waals surface area contributed by atoms with Gasteiger partial charge in [0.25, 0.3) is 5.91 Å². The quantitative estimate of drug-likeness (QED) is 0.821. The molecule has 0 fully saturated rings. The summed E-state index contributed by atoms with van der Waals surface area (Å²) >= 11 is 5.11. The van der Waals surface area contributed by atoms with E-state index in [0.29, 0.717) is 5.56 Å². The molecule has 0 aromatic heterocycles. The molecule has 0 aliphatic rings. The predicted molar refractivity (Wildman–Crippen MR) is 85.1 cm³/mol. The Bertz CT molecular complexity index is 596. The number of hydrogen-bond donors (Lipinski definition) is 1. The van der Waals surface area contributed by atoms with E-state index < -0.39 is 0 Å². The van der Waals surface area contributed by atoms with Crippen LogP contribution in [-0.2, 0) is 0 Å². The van der Waals surface area contributed by atoms with Crippen LogP contribution in [0.25, 0.3) is 0 Å². The Kier molecular flexibility index (Phi) is 4.66. The van der Waals surface area contributed by atoms with Gasteiger partial charge in [-0.15, -0.1) is 11.8 Å². The Hall–Kier alpha value is -1.26. The highest BCUT2D eigenvalue weighted by molar-refractivity contribution is 9.10. The summed E-state index contributed by atoms with van der Waals surface area (Å²) in [5.41, 5.74) is 2.59. The average Bonchev–Trinajstić information content (AvgIpc) is 2.42. The third kappa shape index (κ3) is 3.61. The molecule has 0 aliphatic heterocycles. The number of anilines is 1. The molecule has 1 amide bonds. The topological polar surface area (TPSA) is 29.1 Å². The first-order valence-corrected chi connectivity index (χ1v) is 7.83. The monoisotopic (exact) mass is 335 g/mol. The van der Waals surface area contributed by atoms with Crippen LogP contribution in [0.5, 0.6) is 0 Å². The lowest BCUT2D eigenvalue weighted by molar-refractivity contribution is 0.102. The first kappa shape index (κ1) is 14.2. The highest BCUT2D eigenvalue weighted by Gasteiger charge is 2.08. The van der Waals surface area contributed by atoms with E-state index in [2.05, 4.69) is 21.2 Å². The van der Waals surface area contributed by atoms with Crippen molar-refractivity contribution < 1.29 is 4.79 Å². The molecule has 0 radical (unpaired) electrons. The van der Waals surface area contributed by atoms with Gasteiger partial charge in [0.15, 0.2) is 0 Å². The summed E-state index contributed by atoms with van der Waals surface area (Å²) in [5.74, 6) is -0.0998. The Labute approximate surface area is 125 Å². The van der Waals surface area contributed by atoms with Gasteiger partial charge in [0.2, 0.25) is 0 Å². The number of carbonyl (C=O) groups is 1. The minimum atomic E-state index is -0.0998. The molecule has 2 rings (SSSR count). The minimum Gasteiger partial charge on any atom is -0.321 e. The number of nitrogens with one attached hydrogen (secondary N) is 1. The van der Waals surface area contributed by atoms with Crippen LogP contribution >= 0.6 is 27.7 Å². The fourth-order valence-electron chi connectivity index (χ4n) is 1.66. The molecule has 0 saturated carbocycles. The molecule has 4 heteroatoms. The minimum absolute atomic E-state index is 0.0998. The largest absolute Gasteiger partial charge is 0.321 e. The molecule has 98 valence electrons. The van der Waals surface area contributed by atoms with Gasteiger partial charge in [0, 0.05) is 14.9 Å². The van der Waals surface area contributed by atoms with Gasteiger partial charge in [-0.2, -0.15) is 0 Å². The van der Waals surface area contributed by atoms with Crippen molar-refractivity contribution in [2.75, 3.05) is 11.6 Å². The number of amides is 1. The van der Waals surface area contributed by atoms with E-state index in [0.717, 1.165) is 20.6 Å². The van der Waals surface area contributed by atoms with Crippen molar-refractivity contribution in [3.05, 3.63) is 58.1 Å². The number of benzene rings is 2. The van der Waals surface area contributed by atoms with E-state index in [1.165, 1.54) is 0 Å². The lowest BCUT2D eigenvalue weighted by Gasteiger charge is -2.08. The molecule has 0 spiro atoms. The molecule has 2 nitrogen and oxygen atoms in total. The zero-order valence-corrected chi connectivity index (χ0v) is 13.1. The Morgan fingerprint density at radius 3 is 2.42 bits per heavy atom. The maximum atomic E-state index is 12.1. The van der Waals surface area contributed by atoms with Crippen LogP contribution in [0.3, 0.4) is 0 Å². The molecular weight excluding hydrogens is 322 g/mol. The zero-order chi connectivity index (χ0) is 13.8. The fourth-order valence-corrected chi connectivity index (χ4v) is 2.66. The van der Waals surface area contributed by atoms with Crippen molar-refractivity contribution in [1.29, 1.82) is 0 Å². The van der Waals surface area contributed by atoms with Crippen LogP contribution < -0.4 is 5.32 Å². The van der Waals surface area contributed by atoms with Crippen molar-refractivity contribution in [2.24, 2.45) is 0 Å². The second-order valence-corrected chi connectivity index (χ2v) is 5.90. The summed E-state index contributed by atoms with van der Waals surface area (Å²) in [7, 11) is 0. The van der Waals surface area contributed by atoms with E-state index in [4.69, 9.17) is 0 Å². The smallest absolute Gasteiger partial charge is 0.255 e. The third-order valence-electron chi connectivity index (χ3n) is 2.72. The van der Waals surface area contributed by atoms with Crippen LogP contribution in [0, 0.1) is 6.92 Å². The molecule has 0 atom stereocenters. The Morgan fingerprint density at radius 1 is 1.16 bits per heavy atom.